The topological polar surface area (TPSA) is 77.8 Å². The van der Waals surface area contributed by atoms with E-state index in [0.29, 0.717) is 12.1 Å². The number of likely N-dealkylation sites (tertiary alicyclic amines) is 1. The van der Waals surface area contributed by atoms with Crippen LogP contribution in [0.2, 0.25) is 5.02 Å². The number of hydrogen-bond acceptors (Lipinski definition) is 3. The van der Waals surface area contributed by atoms with Crippen molar-refractivity contribution in [2.45, 2.75) is 6.92 Å². The highest BCUT2D eigenvalue weighted by Crippen LogP contribution is 2.27. The van der Waals surface area contributed by atoms with E-state index in [2.05, 4.69) is 0 Å². The molecule has 1 aromatic rings. The summed E-state index contributed by atoms with van der Waals surface area (Å²) in [6.45, 7) is 2.43. The third kappa shape index (κ3) is 2.66. The number of phenolic OH excluding ortho intramolecular Hbond substituents is 1. The summed E-state index contributed by atoms with van der Waals surface area (Å²) in [5, 5.41) is 18.5. The standard InChI is InChI=1S/C13H14ClNO4/c1-7-5-15(6-9(7)13(18)19)12(17)8-2-3-11(16)10(14)4-8/h2-4,7,9,16H,5-6H2,1H3,(H,18,19). The zero-order valence-electron chi connectivity index (χ0n) is 10.3. The molecule has 0 aliphatic carbocycles. The molecule has 0 saturated carbocycles. The molecule has 1 amide bonds. The van der Waals surface area contributed by atoms with Crippen LogP contribution < -0.4 is 0 Å². The average molecular weight is 284 g/mol. The summed E-state index contributed by atoms with van der Waals surface area (Å²) in [5.74, 6) is -1.84. The molecule has 5 nitrogen and oxygen atoms in total. The largest absolute Gasteiger partial charge is 0.506 e. The Morgan fingerprint density at radius 2 is 2.05 bits per heavy atom. The SMILES string of the molecule is CC1CN(C(=O)c2ccc(O)c(Cl)c2)CC1C(=O)O. The Kier molecular flexibility index (Phi) is 3.66. The van der Waals surface area contributed by atoms with Gasteiger partial charge in [0.05, 0.1) is 10.9 Å². The van der Waals surface area contributed by atoms with Gasteiger partial charge in [-0.05, 0) is 24.1 Å². The predicted octanol–water partition coefficient (Wildman–Crippen LogP) is 1.84. The highest BCUT2D eigenvalue weighted by Gasteiger charge is 2.37. The fourth-order valence-corrected chi connectivity index (χ4v) is 2.46. The second-order valence-corrected chi connectivity index (χ2v) is 5.21. The molecule has 6 heteroatoms. The van der Waals surface area contributed by atoms with Crippen LogP contribution in [0.5, 0.6) is 5.75 Å². The van der Waals surface area contributed by atoms with Crippen molar-refractivity contribution < 1.29 is 19.8 Å². The van der Waals surface area contributed by atoms with E-state index < -0.39 is 11.9 Å². The van der Waals surface area contributed by atoms with Gasteiger partial charge in [-0.3, -0.25) is 9.59 Å². The van der Waals surface area contributed by atoms with Gasteiger partial charge in [-0.2, -0.15) is 0 Å². The van der Waals surface area contributed by atoms with E-state index in [1.807, 2.05) is 6.92 Å². The first-order valence-corrected chi connectivity index (χ1v) is 6.28. The van der Waals surface area contributed by atoms with Crippen molar-refractivity contribution in [3.8, 4) is 5.75 Å². The lowest BCUT2D eigenvalue weighted by molar-refractivity contribution is -0.142. The first-order chi connectivity index (χ1) is 8.90. The molecule has 0 bridgehead atoms. The molecule has 1 aromatic carbocycles. The molecule has 102 valence electrons. The minimum atomic E-state index is -0.883. The van der Waals surface area contributed by atoms with Gasteiger partial charge in [0.15, 0.2) is 0 Å². The van der Waals surface area contributed by atoms with E-state index in [1.54, 1.807) is 0 Å². The molecule has 19 heavy (non-hydrogen) atoms. The summed E-state index contributed by atoms with van der Waals surface area (Å²) in [7, 11) is 0. The quantitative estimate of drug-likeness (QED) is 0.868. The number of halogens is 1. The minimum Gasteiger partial charge on any atom is -0.506 e. The molecular formula is C13H14ClNO4. The van der Waals surface area contributed by atoms with Gasteiger partial charge in [0.25, 0.3) is 5.91 Å². The molecule has 1 aliphatic rings. The number of nitrogens with zero attached hydrogens (tertiary/aromatic N) is 1. The summed E-state index contributed by atoms with van der Waals surface area (Å²) in [6, 6.07) is 4.21. The Morgan fingerprint density at radius 3 is 2.58 bits per heavy atom. The van der Waals surface area contributed by atoms with E-state index in [9.17, 15) is 14.7 Å². The molecule has 1 aliphatic heterocycles. The van der Waals surface area contributed by atoms with Crippen molar-refractivity contribution in [3.63, 3.8) is 0 Å². The number of aliphatic carboxylic acids is 1. The number of aromatic hydroxyl groups is 1. The van der Waals surface area contributed by atoms with Gasteiger partial charge in [-0.1, -0.05) is 18.5 Å². The van der Waals surface area contributed by atoms with Crippen LogP contribution in [0, 0.1) is 11.8 Å². The average Bonchev–Trinajstić information content (AvgIpc) is 2.74. The van der Waals surface area contributed by atoms with E-state index in [4.69, 9.17) is 16.7 Å². The van der Waals surface area contributed by atoms with Crippen LogP contribution in [0.1, 0.15) is 17.3 Å². The first kappa shape index (κ1) is 13.7. The van der Waals surface area contributed by atoms with Gasteiger partial charge >= 0.3 is 5.97 Å². The number of amides is 1. The van der Waals surface area contributed by atoms with Crippen LogP contribution in [0.15, 0.2) is 18.2 Å². The van der Waals surface area contributed by atoms with Gasteiger partial charge in [0.1, 0.15) is 5.75 Å². The maximum absolute atomic E-state index is 12.2. The van der Waals surface area contributed by atoms with Crippen LogP contribution >= 0.6 is 11.6 Å². The molecule has 1 fully saturated rings. The Hall–Kier alpha value is -1.75. The van der Waals surface area contributed by atoms with Crippen LogP contribution in [-0.2, 0) is 4.79 Å². The van der Waals surface area contributed by atoms with Crippen LogP contribution in [0.25, 0.3) is 0 Å². The van der Waals surface area contributed by atoms with Gasteiger partial charge in [0, 0.05) is 18.7 Å². The summed E-state index contributed by atoms with van der Waals surface area (Å²) in [6.07, 6.45) is 0. The first-order valence-electron chi connectivity index (χ1n) is 5.90. The number of carboxylic acids is 1. The normalized spacial score (nSPS) is 22.5. The zero-order chi connectivity index (χ0) is 14.2. The van der Waals surface area contributed by atoms with Gasteiger partial charge in [0.2, 0.25) is 0 Å². The second kappa shape index (κ2) is 5.09. The van der Waals surface area contributed by atoms with Crippen molar-refractivity contribution >= 4 is 23.5 Å². The third-order valence-electron chi connectivity index (χ3n) is 3.41. The van der Waals surface area contributed by atoms with Crippen LogP contribution in [0.4, 0.5) is 0 Å². The van der Waals surface area contributed by atoms with E-state index >= 15 is 0 Å². The Labute approximate surface area is 115 Å². The molecule has 2 rings (SSSR count). The highest BCUT2D eigenvalue weighted by atomic mass is 35.5. The third-order valence-corrected chi connectivity index (χ3v) is 3.71. The molecule has 0 radical (unpaired) electrons. The Morgan fingerprint density at radius 1 is 1.37 bits per heavy atom. The maximum atomic E-state index is 12.2. The number of carbonyl (C=O) groups is 2. The number of carbonyl (C=O) groups excluding carboxylic acids is 1. The van der Waals surface area contributed by atoms with Crippen molar-refractivity contribution in [2.75, 3.05) is 13.1 Å². The van der Waals surface area contributed by atoms with Gasteiger partial charge in [-0.25, -0.2) is 0 Å². The van der Waals surface area contributed by atoms with E-state index in [1.165, 1.54) is 23.1 Å². The number of rotatable bonds is 2. The molecule has 1 saturated heterocycles. The van der Waals surface area contributed by atoms with Crippen molar-refractivity contribution in [2.24, 2.45) is 11.8 Å². The fourth-order valence-electron chi connectivity index (χ4n) is 2.28. The van der Waals surface area contributed by atoms with Gasteiger partial charge < -0.3 is 15.1 Å². The summed E-state index contributed by atoms with van der Waals surface area (Å²) >= 11 is 5.76. The van der Waals surface area contributed by atoms with E-state index in [-0.39, 0.29) is 29.1 Å². The monoisotopic (exact) mass is 283 g/mol. The van der Waals surface area contributed by atoms with Gasteiger partial charge in [-0.15, -0.1) is 0 Å². The second-order valence-electron chi connectivity index (χ2n) is 4.80. The molecule has 0 aromatic heterocycles. The Balaban J connectivity index is 2.17. The highest BCUT2D eigenvalue weighted by molar-refractivity contribution is 6.32. The summed E-state index contributed by atoms with van der Waals surface area (Å²) < 4.78 is 0. The fraction of sp³-hybridized carbons (Fsp3) is 0.385. The molecule has 2 atom stereocenters. The van der Waals surface area contributed by atoms with Crippen molar-refractivity contribution in [3.05, 3.63) is 28.8 Å². The number of benzene rings is 1. The molecular weight excluding hydrogens is 270 g/mol. The molecule has 0 spiro atoms. The van der Waals surface area contributed by atoms with Crippen LogP contribution in [0.3, 0.4) is 0 Å². The molecule has 2 unspecified atom stereocenters. The molecule has 2 N–H and O–H groups in total. The van der Waals surface area contributed by atoms with E-state index in [0.717, 1.165) is 0 Å². The minimum absolute atomic E-state index is 0.0750. The number of hydrogen-bond donors (Lipinski definition) is 2. The lowest BCUT2D eigenvalue weighted by atomic mass is 9.99. The molecule has 1 heterocycles. The maximum Gasteiger partial charge on any atom is 0.308 e. The Bertz CT molecular complexity index is 531. The number of carboxylic acid groups (broad SMARTS) is 1. The lowest BCUT2D eigenvalue weighted by Crippen LogP contribution is -2.29. The summed E-state index contributed by atoms with van der Waals surface area (Å²) in [4.78, 5) is 24.7. The van der Waals surface area contributed by atoms with Crippen molar-refractivity contribution in [1.82, 2.24) is 4.90 Å². The number of phenols is 1. The lowest BCUT2D eigenvalue weighted by Gasteiger charge is -2.16. The van der Waals surface area contributed by atoms with Crippen molar-refractivity contribution in [1.29, 1.82) is 0 Å². The smallest absolute Gasteiger partial charge is 0.308 e. The zero-order valence-corrected chi connectivity index (χ0v) is 11.1. The predicted molar refractivity (Wildman–Crippen MR) is 69.3 cm³/mol. The summed E-state index contributed by atoms with van der Waals surface area (Å²) in [5.41, 5.74) is 0.348. The van der Waals surface area contributed by atoms with Crippen LogP contribution in [-0.4, -0.2) is 40.1 Å².